The first-order valence-corrected chi connectivity index (χ1v) is 3.97. The third-order valence-corrected chi connectivity index (χ3v) is 2.03. The molecule has 0 atom stereocenters. The molecule has 1 rings (SSSR count). The average Bonchev–Trinajstić information content (AvgIpc) is 2.07. The standard InChI is InChI=1S/C7H5BClF4O.K/c1-14-5-3-2-4(8(11,12)13)6(9)7(5)10;/h2-3H,1H3;/q-1;+1. The summed E-state index contributed by atoms with van der Waals surface area (Å²) in [5.41, 5.74) is -1.15. The Bertz CT molecular complexity index is 358. The number of methoxy groups -OCH3 is 1. The molecule has 1 aromatic carbocycles. The summed E-state index contributed by atoms with van der Waals surface area (Å²) in [7, 11) is 1.15. The van der Waals surface area contributed by atoms with Gasteiger partial charge < -0.3 is 17.7 Å². The van der Waals surface area contributed by atoms with Crippen LogP contribution in [0.5, 0.6) is 5.75 Å². The van der Waals surface area contributed by atoms with Crippen LogP contribution in [0.15, 0.2) is 12.1 Å². The molecule has 0 fully saturated rings. The van der Waals surface area contributed by atoms with Crippen molar-refractivity contribution in [3.63, 3.8) is 0 Å². The maximum absolute atomic E-state index is 13.0. The van der Waals surface area contributed by atoms with Gasteiger partial charge in [-0.1, -0.05) is 23.1 Å². The molecule has 0 aliphatic carbocycles. The number of ether oxygens (including phenoxy) is 1. The van der Waals surface area contributed by atoms with E-state index in [1.165, 1.54) is 0 Å². The molecule has 1 nitrogen and oxygen atoms in total. The van der Waals surface area contributed by atoms with E-state index in [0.29, 0.717) is 6.07 Å². The second-order valence-electron chi connectivity index (χ2n) is 2.56. The molecular weight excluding hydrogens is 261 g/mol. The van der Waals surface area contributed by atoms with E-state index in [1.54, 1.807) is 0 Å². The predicted molar refractivity (Wildman–Crippen MR) is 46.7 cm³/mol. The van der Waals surface area contributed by atoms with Gasteiger partial charge in [0.05, 0.1) is 12.1 Å². The van der Waals surface area contributed by atoms with E-state index in [4.69, 9.17) is 11.6 Å². The third-order valence-electron chi connectivity index (χ3n) is 1.65. The van der Waals surface area contributed by atoms with Crippen LogP contribution in [-0.4, -0.2) is 14.1 Å². The van der Waals surface area contributed by atoms with E-state index >= 15 is 0 Å². The molecule has 0 spiro atoms. The molecule has 0 bridgehead atoms. The zero-order valence-electron chi connectivity index (χ0n) is 8.03. The van der Waals surface area contributed by atoms with Gasteiger partial charge in [0.15, 0.2) is 11.6 Å². The molecular formula is C7H5BClF4KO. The van der Waals surface area contributed by atoms with Crippen LogP contribution in [0.2, 0.25) is 5.02 Å². The van der Waals surface area contributed by atoms with Gasteiger partial charge in [-0.25, -0.2) is 4.39 Å². The molecule has 0 aromatic heterocycles. The van der Waals surface area contributed by atoms with Gasteiger partial charge in [-0.3, -0.25) is 0 Å². The largest absolute Gasteiger partial charge is 1.00 e. The Kier molecular flexibility index (Phi) is 6.17. The summed E-state index contributed by atoms with van der Waals surface area (Å²) in [5, 5.41) is -0.947. The van der Waals surface area contributed by atoms with Crippen molar-refractivity contribution in [3.8, 4) is 5.75 Å². The average molecular weight is 266 g/mol. The normalized spacial score (nSPS) is 10.8. The van der Waals surface area contributed by atoms with E-state index in [1.807, 2.05) is 0 Å². The first-order valence-electron chi connectivity index (χ1n) is 3.59. The smallest absolute Gasteiger partial charge is 0.494 e. The minimum Gasteiger partial charge on any atom is -0.494 e. The summed E-state index contributed by atoms with van der Waals surface area (Å²) in [6.07, 6.45) is 0. The SMILES string of the molecule is COc1ccc([B-](F)(F)F)c(Cl)c1F.[K+]. The Morgan fingerprint density at radius 2 is 1.80 bits per heavy atom. The Balaban J connectivity index is 0.00000196. The van der Waals surface area contributed by atoms with Gasteiger partial charge in [-0.05, 0) is 6.07 Å². The molecule has 0 N–H and O–H groups in total. The van der Waals surface area contributed by atoms with Crippen LogP contribution in [-0.2, 0) is 0 Å². The van der Waals surface area contributed by atoms with Gasteiger partial charge in [-0.15, -0.1) is 0 Å². The second-order valence-corrected chi connectivity index (χ2v) is 2.94. The molecule has 0 radical (unpaired) electrons. The summed E-state index contributed by atoms with van der Waals surface area (Å²) in [5.74, 6) is -1.50. The first-order chi connectivity index (χ1) is 6.38. The Labute approximate surface area is 132 Å². The van der Waals surface area contributed by atoms with E-state index in [9.17, 15) is 17.3 Å². The quantitative estimate of drug-likeness (QED) is 0.520. The van der Waals surface area contributed by atoms with Crippen molar-refractivity contribution in [2.75, 3.05) is 7.11 Å². The third kappa shape index (κ3) is 3.61. The molecule has 78 valence electrons. The van der Waals surface area contributed by atoms with E-state index in [-0.39, 0.29) is 57.1 Å². The minimum absolute atomic E-state index is 0. The van der Waals surface area contributed by atoms with Crippen molar-refractivity contribution in [1.29, 1.82) is 0 Å². The van der Waals surface area contributed by atoms with Gasteiger partial charge in [0.1, 0.15) is 0 Å². The fourth-order valence-corrected chi connectivity index (χ4v) is 1.24. The summed E-state index contributed by atoms with van der Waals surface area (Å²) in [6.45, 7) is -5.30. The van der Waals surface area contributed by atoms with Crippen molar-refractivity contribution in [2.24, 2.45) is 0 Å². The fraction of sp³-hybridized carbons (Fsp3) is 0.143. The molecule has 0 aliphatic heterocycles. The second kappa shape index (κ2) is 5.88. The molecule has 0 unspecified atom stereocenters. The summed E-state index contributed by atoms with van der Waals surface area (Å²) in [6, 6.07) is 1.59. The Morgan fingerprint density at radius 3 is 2.20 bits per heavy atom. The van der Waals surface area contributed by atoms with Gasteiger partial charge >= 0.3 is 58.4 Å². The van der Waals surface area contributed by atoms with Crippen LogP contribution >= 0.6 is 11.6 Å². The number of halogens is 5. The Hall–Kier alpha value is 0.731. The summed E-state index contributed by atoms with van der Waals surface area (Å²) >= 11 is 5.20. The van der Waals surface area contributed by atoms with Gasteiger partial charge in [-0.2, -0.15) is 0 Å². The fourth-order valence-electron chi connectivity index (χ4n) is 0.957. The molecule has 0 saturated carbocycles. The molecule has 15 heavy (non-hydrogen) atoms. The molecule has 0 aliphatic rings. The molecule has 0 amide bonds. The first kappa shape index (κ1) is 15.7. The van der Waals surface area contributed by atoms with Gasteiger partial charge in [0.2, 0.25) is 0 Å². The van der Waals surface area contributed by atoms with Crippen LogP contribution in [0.1, 0.15) is 0 Å². The van der Waals surface area contributed by atoms with Gasteiger partial charge in [0, 0.05) is 0 Å². The Morgan fingerprint density at radius 1 is 1.27 bits per heavy atom. The monoisotopic (exact) mass is 266 g/mol. The van der Waals surface area contributed by atoms with E-state index in [2.05, 4.69) is 4.74 Å². The number of hydrogen-bond acceptors (Lipinski definition) is 1. The van der Waals surface area contributed by atoms with Crippen LogP contribution in [0.25, 0.3) is 0 Å². The van der Waals surface area contributed by atoms with Crippen molar-refractivity contribution in [2.45, 2.75) is 0 Å². The summed E-state index contributed by atoms with van der Waals surface area (Å²) < 4.78 is 54.2. The van der Waals surface area contributed by atoms with Crippen LogP contribution in [0, 0.1) is 5.82 Å². The molecule has 0 saturated heterocycles. The van der Waals surface area contributed by atoms with Crippen molar-refractivity contribution in [3.05, 3.63) is 23.0 Å². The van der Waals surface area contributed by atoms with Crippen molar-refractivity contribution >= 4 is 24.0 Å². The predicted octanol–water partition coefficient (Wildman–Crippen LogP) is -0.454. The van der Waals surface area contributed by atoms with E-state index in [0.717, 1.165) is 13.2 Å². The zero-order chi connectivity index (χ0) is 10.9. The number of hydrogen-bond donors (Lipinski definition) is 0. The summed E-state index contributed by atoms with van der Waals surface area (Å²) in [4.78, 5) is 0. The van der Waals surface area contributed by atoms with Crippen LogP contribution in [0.4, 0.5) is 17.3 Å². The van der Waals surface area contributed by atoms with Crippen molar-refractivity contribution < 1.29 is 73.5 Å². The van der Waals surface area contributed by atoms with E-state index < -0.39 is 23.3 Å². The number of benzene rings is 1. The molecule has 8 heteroatoms. The maximum Gasteiger partial charge on any atom is 1.00 e. The topological polar surface area (TPSA) is 9.23 Å². The zero-order valence-corrected chi connectivity index (χ0v) is 11.9. The van der Waals surface area contributed by atoms with Crippen molar-refractivity contribution in [1.82, 2.24) is 0 Å². The molecule has 1 aromatic rings. The maximum atomic E-state index is 13.0. The van der Waals surface area contributed by atoms with Gasteiger partial charge in [0.25, 0.3) is 0 Å². The minimum atomic E-state index is -5.30. The van der Waals surface area contributed by atoms with Crippen LogP contribution < -0.4 is 61.6 Å². The molecule has 0 heterocycles. The number of rotatable bonds is 2. The van der Waals surface area contributed by atoms with Crippen LogP contribution in [0.3, 0.4) is 0 Å².